The average molecular weight is 221 g/mol. The molecule has 3 heteroatoms. The number of rotatable bonds is 5. The molecule has 0 N–H and O–H groups in total. The summed E-state index contributed by atoms with van der Waals surface area (Å²) in [5.74, 6) is 1.23. The molecule has 0 amide bonds. The Morgan fingerprint density at radius 3 is 2.50 bits per heavy atom. The predicted octanol–water partition coefficient (Wildman–Crippen LogP) is 3.10. The molecule has 1 atom stereocenters. The fourth-order valence-corrected chi connectivity index (χ4v) is 1.15. The molecule has 1 aromatic rings. The number of aromatic nitrogens is 1. The van der Waals surface area contributed by atoms with Gasteiger partial charge in [0.2, 0.25) is 0 Å². The van der Waals surface area contributed by atoms with E-state index in [4.69, 9.17) is 4.74 Å². The molecule has 1 aromatic heterocycles. The fourth-order valence-electron chi connectivity index (χ4n) is 1.15. The topological polar surface area (TPSA) is 39.2 Å². The normalized spacial score (nSPS) is 12.6. The van der Waals surface area contributed by atoms with Crippen LogP contribution in [0.2, 0.25) is 0 Å². The molecule has 0 saturated heterocycles. The monoisotopic (exact) mass is 221 g/mol. The van der Waals surface area contributed by atoms with E-state index < -0.39 is 0 Å². The van der Waals surface area contributed by atoms with E-state index in [9.17, 15) is 4.79 Å². The van der Waals surface area contributed by atoms with Crippen molar-refractivity contribution >= 4 is 5.78 Å². The molecule has 0 saturated carbocycles. The van der Waals surface area contributed by atoms with Crippen molar-refractivity contribution < 1.29 is 9.53 Å². The van der Waals surface area contributed by atoms with Crippen LogP contribution >= 0.6 is 0 Å². The molecule has 0 radical (unpaired) electrons. The first-order chi connectivity index (χ1) is 7.54. The zero-order chi connectivity index (χ0) is 12.1. The second-order valence-corrected chi connectivity index (χ2v) is 4.22. The smallest absolute Gasteiger partial charge is 0.180 e. The minimum atomic E-state index is 0.0588. The summed E-state index contributed by atoms with van der Waals surface area (Å²) >= 11 is 0. The number of pyridine rings is 1. The van der Waals surface area contributed by atoms with Crippen LogP contribution < -0.4 is 4.74 Å². The Kier molecular flexibility index (Phi) is 4.47. The SMILES string of the molecule is CCC(=O)c1ccc(OC(C)C(C)C)cn1. The summed E-state index contributed by atoms with van der Waals surface area (Å²) in [4.78, 5) is 15.4. The molecule has 1 unspecified atom stereocenters. The van der Waals surface area contributed by atoms with Crippen LogP contribution in [0, 0.1) is 5.92 Å². The first-order valence-corrected chi connectivity index (χ1v) is 5.70. The van der Waals surface area contributed by atoms with Crippen molar-refractivity contribution in [2.45, 2.75) is 40.2 Å². The number of hydrogen-bond acceptors (Lipinski definition) is 3. The van der Waals surface area contributed by atoms with Crippen molar-refractivity contribution in [2.75, 3.05) is 0 Å². The van der Waals surface area contributed by atoms with Gasteiger partial charge in [0, 0.05) is 6.42 Å². The molecule has 0 aliphatic heterocycles. The summed E-state index contributed by atoms with van der Waals surface area (Å²) in [5, 5.41) is 0. The van der Waals surface area contributed by atoms with Crippen LogP contribution in [-0.2, 0) is 0 Å². The maximum absolute atomic E-state index is 11.4. The van der Waals surface area contributed by atoms with Crippen molar-refractivity contribution in [3.8, 4) is 5.75 Å². The lowest BCUT2D eigenvalue weighted by Gasteiger charge is -2.17. The highest BCUT2D eigenvalue weighted by Gasteiger charge is 2.09. The molecule has 0 aliphatic rings. The van der Waals surface area contributed by atoms with Crippen LogP contribution in [0.3, 0.4) is 0 Å². The number of hydrogen-bond donors (Lipinski definition) is 0. The summed E-state index contributed by atoms with van der Waals surface area (Å²) < 4.78 is 5.67. The predicted molar refractivity (Wildman–Crippen MR) is 63.8 cm³/mol. The van der Waals surface area contributed by atoms with E-state index in [0.29, 0.717) is 23.8 Å². The van der Waals surface area contributed by atoms with Gasteiger partial charge in [-0.3, -0.25) is 4.79 Å². The highest BCUT2D eigenvalue weighted by atomic mass is 16.5. The van der Waals surface area contributed by atoms with Crippen LogP contribution in [0.4, 0.5) is 0 Å². The zero-order valence-corrected chi connectivity index (χ0v) is 10.4. The Balaban J connectivity index is 2.68. The molecule has 3 nitrogen and oxygen atoms in total. The quantitative estimate of drug-likeness (QED) is 0.717. The van der Waals surface area contributed by atoms with Gasteiger partial charge in [0.15, 0.2) is 5.78 Å². The third-order valence-electron chi connectivity index (χ3n) is 2.60. The summed E-state index contributed by atoms with van der Waals surface area (Å²) in [5.41, 5.74) is 0.507. The Labute approximate surface area is 96.8 Å². The summed E-state index contributed by atoms with van der Waals surface area (Å²) in [6, 6.07) is 3.52. The Morgan fingerprint density at radius 2 is 2.06 bits per heavy atom. The molecular formula is C13H19NO2. The lowest BCUT2D eigenvalue weighted by Crippen LogP contribution is -2.18. The Hall–Kier alpha value is -1.38. The van der Waals surface area contributed by atoms with Gasteiger partial charge in [-0.1, -0.05) is 20.8 Å². The van der Waals surface area contributed by atoms with Crippen LogP contribution in [-0.4, -0.2) is 16.9 Å². The molecule has 0 spiro atoms. The summed E-state index contributed by atoms with van der Waals surface area (Å²) in [6.45, 7) is 8.06. The van der Waals surface area contributed by atoms with Crippen LogP contribution in [0.25, 0.3) is 0 Å². The maximum Gasteiger partial charge on any atom is 0.180 e. The molecular weight excluding hydrogens is 202 g/mol. The highest BCUT2D eigenvalue weighted by molar-refractivity contribution is 5.93. The van der Waals surface area contributed by atoms with Crippen molar-refractivity contribution in [3.05, 3.63) is 24.0 Å². The molecule has 16 heavy (non-hydrogen) atoms. The van der Waals surface area contributed by atoms with Crippen LogP contribution in [0.1, 0.15) is 44.6 Å². The lowest BCUT2D eigenvalue weighted by molar-refractivity contribution is 0.0983. The molecule has 0 aliphatic carbocycles. The van der Waals surface area contributed by atoms with Gasteiger partial charge in [-0.15, -0.1) is 0 Å². The second kappa shape index (κ2) is 5.64. The number of ketones is 1. The molecule has 0 fully saturated rings. The summed E-state index contributed by atoms with van der Waals surface area (Å²) in [7, 11) is 0. The maximum atomic E-state index is 11.4. The van der Waals surface area contributed by atoms with Crippen LogP contribution in [0.15, 0.2) is 18.3 Å². The van der Waals surface area contributed by atoms with Crippen LogP contribution in [0.5, 0.6) is 5.75 Å². The van der Waals surface area contributed by atoms with Crippen molar-refractivity contribution in [1.29, 1.82) is 0 Å². The first-order valence-electron chi connectivity index (χ1n) is 5.70. The Morgan fingerprint density at radius 1 is 1.38 bits per heavy atom. The Bertz CT molecular complexity index is 343. The molecule has 1 heterocycles. The molecule has 88 valence electrons. The number of carbonyl (C=O) groups excluding carboxylic acids is 1. The zero-order valence-electron chi connectivity index (χ0n) is 10.4. The van der Waals surface area contributed by atoms with Crippen molar-refractivity contribution in [2.24, 2.45) is 5.92 Å². The fraction of sp³-hybridized carbons (Fsp3) is 0.538. The largest absolute Gasteiger partial charge is 0.489 e. The van der Waals surface area contributed by atoms with Gasteiger partial charge in [-0.2, -0.15) is 0 Å². The van der Waals surface area contributed by atoms with E-state index in [-0.39, 0.29) is 11.9 Å². The van der Waals surface area contributed by atoms with E-state index >= 15 is 0 Å². The van der Waals surface area contributed by atoms with Gasteiger partial charge < -0.3 is 4.74 Å². The van der Waals surface area contributed by atoms with Gasteiger partial charge in [0.25, 0.3) is 0 Å². The molecule has 1 rings (SSSR count). The van der Waals surface area contributed by atoms with Crippen molar-refractivity contribution in [1.82, 2.24) is 4.98 Å². The van der Waals surface area contributed by atoms with E-state index in [1.54, 1.807) is 18.3 Å². The third kappa shape index (κ3) is 3.33. The summed E-state index contributed by atoms with van der Waals surface area (Å²) in [6.07, 6.45) is 2.24. The van der Waals surface area contributed by atoms with Crippen molar-refractivity contribution in [3.63, 3.8) is 0 Å². The minimum absolute atomic E-state index is 0.0588. The molecule has 0 bridgehead atoms. The second-order valence-electron chi connectivity index (χ2n) is 4.22. The highest BCUT2D eigenvalue weighted by Crippen LogP contribution is 2.15. The number of carbonyl (C=O) groups is 1. The number of ether oxygens (including phenoxy) is 1. The lowest BCUT2D eigenvalue weighted by atomic mass is 10.1. The van der Waals surface area contributed by atoms with Gasteiger partial charge in [0.1, 0.15) is 11.4 Å². The first kappa shape index (κ1) is 12.7. The number of Topliss-reactive ketones (excluding diaryl/α,β-unsaturated/α-hetero) is 1. The minimum Gasteiger partial charge on any atom is -0.489 e. The average Bonchev–Trinajstić information content (AvgIpc) is 2.28. The van der Waals surface area contributed by atoms with Gasteiger partial charge in [0.05, 0.1) is 12.3 Å². The molecule has 0 aromatic carbocycles. The van der Waals surface area contributed by atoms with Gasteiger partial charge >= 0.3 is 0 Å². The van der Waals surface area contributed by atoms with E-state index in [1.807, 2.05) is 13.8 Å². The van der Waals surface area contributed by atoms with E-state index in [1.165, 1.54) is 0 Å². The van der Waals surface area contributed by atoms with Gasteiger partial charge in [-0.05, 0) is 25.0 Å². The van der Waals surface area contributed by atoms with Gasteiger partial charge in [-0.25, -0.2) is 4.98 Å². The van der Waals surface area contributed by atoms with E-state index in [2.05, 4.69) is 18.8 Å². The number of nitrogens with zero attached hydrogens (tertiary/aromatic N) is 1. The third-order valence-corrected chi connectivity index (χ3v) is 2.60. The van der Waals surface area contributed by atoms with E-state index in [0.717, 1.165) is 0 Å². The standard InChI is InChI=1S/C13H19NO2/c1-5-13(15)12-7-6-11(8-14-12)16-10(4)9(2)3/h6-10H,5H2,1-4H3.